The first kappa shape index (κ1) is 10.3. The number of rotatable bonds is 3. The summed E-state index contributed by atoms with van der Waals surface area (Å²) in [4.78, 5) is 0. The number of hydrogen-bond donors (Lipinski definition) is 2. The van der Waals surface area contributed by atoms with Crippen molar-refractivity contribution in [2.45, 2.75) is 12.3 Å². The highest BCUT2D eigenvalue weighted by Crippen LogP contribution is 2.40. The molecule has 0 saturated carbocycles. The Morgan fingerprint density at radius 1 is 1.47 bits per heavy atom. The van der Waals surface area contributed by atoms with Crippen LogP contribution in [0.25, 0.3) is 0 Å². The summed E-state index contributed by atoms with van der Waals surface area (Å²) in [6.07, 6.45) is 0. The maximum atomic E-state index is 9.39. The maximum Gasteiger partial charge on any atom is 0.231 e. The lowest BCUT2D eigenvalue weighted by Crippen LogP contribution is -2.35. The van der Waals surface area contributed by atoms with Crippen molar-refractivity contribution < 1.29 is 14.6 Å². The van der Waals surface area contributed by atoms with Gasteiger partial charge in [-0.05, 0) is 6.07 Å². The number of aliphatic hydroxyl groups excluding tert-OH is 1. The molecule has 0 amide bonds. The van der Waals surface area contributed by atoms with Crippen molar-refractivity contribution in [2.24, 2.45) is 5.73 Å². The Morgan fingerprint density at radius 2 is 2.27 bits per heavy atom. The van der Waals surface area contributed by atoms with Crippen LogP contribution in [0.4, 0.5) is 0 Å². The van der Waals surface area contributed by atoms with Gasteiger partial charge < -0.3 is 20.3 Å². The highest BCUT2D eigenvalue weighted by atomic mass is 16.7. The Hall–Kier alpha value is -1.26. The van der Waals surface area contributed by atoms with E-state index in [1.165, 1.54) is 0 Å². The van der Waals surface area contributed by atoms with Crippen molar-refractivity contribution in [3.8, 4) is 11.5 Å². The Labute approximate surface area is 88.6 Å². The van der Waals surface area contributed by atoms with Crippen LogP contribution in [0.1, 0.15) is 12.5 Å². The molecule has 0 fully saturated rings. The van der Waals surface area contributed by atoms with Crippen LogP contribution < -0.4 is 15.2 Å². The van der Waals surface area contributed by atoms with Crippen LogP contribution in [0.5, 0.6) is 11.5 Å². The van der Waals surface area contributed by atoms with Gasteiger partial charge in [0.05, 0.1) is 6.61 Å². The van der Waals surface area contributed by atoms with Crippen LogP contribution in [-0.2, 0) is 5.41 Å². The van der Waals surface area contributed by atoms with Gasteiger partial charge in [0.2, 0.25) is 6.79 Å². The van der Waals surface area contributed by atoms with E-state index in [0.717, 1.165) is 11.3 Å². The topological polar surface area (TPSA) is 64.7 Å². The lowest BCUT2D eigenvalue weighted by Gasteiger charge is -2.26. The van der Waals surface area contributed by atoms with E-state index in [-0.39, 0.29) is 13.4 Å². The molecule has 1 unspecified atom stereocenters. The summed E-state index contributed by atoms with van der Waals surface area (Å²) in [6.45, 7) is 2.50. The third-order valence-electron chi connectivity index (χ3n) is 2.85. The van der Waals surface area contributed by atoms with Crippen LogP contribution in [0.2, 0.25) is 0 Å². The van der Waals surface area contributed by atoms with Crippen molar-refractivity contribution >= 4 is 0 Å². The van der Waals surface area contributed by atoms with E-state index in [2.05, 4.69) is 0 Å². The molecule has 4 nitrogen and oxygen atoms in total. The van der Waals surface area contributed by atoms with E-state index in [1.807, 2.05) is 25.1 Å². The van der Waals surface area contributed by atoms with Crippen LogP contribution in [0.3, 0.4) is 0 Å². The maximum absolute atomic E-state index is 9.39. The SMILES string of the molecule is CC(CN)(CO)c1cccc2c1OCO2. The molecule has 3 N–H and O–H groups in total. The Bertz CT molecular complexity index is 361. The fraction of sp³-hybridized carbons (Fsp3) is 0.455. The minimum atomic E-state index is -0.473. The molecule has 1 aromatic rings. The molecular formula is C11H15NO3. The molecule has 0 aliphatic carbocycles. The average molecular weight is 209 g/mol. The van der Waals surface area contributed by atoms with E-state index < -0.39 is 5.41 Å². The second kappa shape index (κ2) is 3.72. The Morgan fingerprint density at radius 3 is 2.93 bits per heavy atom. The highest BCUT2D eigenvalue weighted by Gasteiger charge is 2.31. The van der Waals surface area contributed by atoms with Crippen molar-refractivity contribution in [3.05, 3.63) is 23.8 Å². The van der Waals surface area contributed by atoms with Crippen molar-refractivity contribution in [3.63, 3.8) is 0 Å². The summed E-state index contributed by atoms with van der Waals surface area (Å²) in [5.74, 6) is 1.43. The van der Waals surface area contributed by atoms with Gasteiger partial charge in [-0.1, -0.05) is 19.1 Å². The van der Waals surface area contributed by atoms with E-state index in [9.17, 15) is 5.11 Å². The fourth-order valence-corrected chi connectivity index (χ4v) is 1.67. The first-order chi connectivity index (χ1) is 7.21. The van der Waals surface area contributed by atoms with Crippen LogP contribution in [-0.4, -0.2) is 25.1 Å². The molecule has 1 aromatic carbocycles. The van der Waals surface area contributed by atoms with E-state index >= 15 is 0 Å². The van der Waals surface area contributed by atoms with E-state index in [1.54, 1.807) is 0 Å². The lowest BCUT2D eigenvalue weighted by molar-refractivity contribution is 0.168. The predicted octanol–water partition coefficient (Wildman–Crippen LogP) is 0.624. The molecule has 1 aliphatic heterocycles. The number of nitrogens with two attached hydrogens (primary N) is 1. The second-order valence-corrected chi connectivity index (χ2v) is 3.96. The molecule has 0 saturated heterocycles. The first-order valence-electron chi connectivity index (χ1n) is 4.91. The molecule has 1 atom stereocenters. The minimum Gasteiger partial charge on any atom is -0.454 e. The second-order valence-electron chi connectivity index (χ2n) is 3.96. The molecule has 0 aromatic heterocycles. The van der Waals surface area contributed by atoms with Gasteiger partial charge in [-0.3, -0.25) is 0 Å². The largest absolute Gasteiger partial charge is 0.454 e. The third kappa shape index (κ3) is 1.56. The number of para-hydroxylation sites is 1. The average Bonchev–Trinajstić information content (AvgIpc) is 2.75. The Balaban J connectivity index is 2.48. The number of fused-ring (bicyclic) bond motifs is 1. The fourth-order valence-electron chi connectivity index (χ4n) is 1.67. The van der Waals surface area contributed by atoms with Crippen LogP contribution >= 0.6 is 0 Å². The molecular weight excluding hydrogens is 194 g/mol. The van der Waals surface area contributed by atoms with Gasteiger partial charge in [-0.15, -0.1) is 0 Å². The van der Waals surface area contributed by atoms with E-state index in [4.69, 9.17) is 15.2 Å². The van der Waals surface area contributed by atoms with Gasteiger partial charge in [0.1, 0.15) is 0 Å². The summed E-state index contributed by atoms with van der Waals surface area (Å²) in [5, 5.41) is 9.39. The van der Waals surface area contributed by atoms with Crippen LogP contribution in [0, 0.1) is 0 Å². The summed E-state index contributed by atoms with van der Waals surface area (Å²) in [6, 6.07) is 5.64. The summed E-state index contributed by atoms with van der Waals surface area (Å²) < 4.78 is 10.7. The van der Waals surface area contributed by atoms with Gasteiger partial charge in [-0.25, -0.2) is 0 Å². The zero-order valence-electron chi connectivity index (χ0n) is 8.69. The summed E-state index contributed by atoms with van der Waals surface area (Å²) in [7, 11) is 0. The molecule has 2 rings (SSSR count). The predicted molar refractivity (Wildman–Crippen MR) is 56.1 cm³/mol. The normalized spacial score (nSPS) is 17.5. The molecule has 0 radical (unpaired) electrons. The van der Waals surface area contributed by atoms with Gasteiger partial charge >= 0.3 is 0 Å². The quantitative estimate of drug-likeness (QED) is 0.766. The Kier molecular flexibility index (Phi) is 2.54. The smallest absolute Gasteiger partial charge is 0.231 e. The molecule has 1 heterocycles. The number of ether oxygens (including phenoxy) is 2. The van der Waals surface area contributed by atoms with Gasteiger partial charge in [0, 0.05) is 17.5 Å². The third-order valence-corrected chi connectivity index (χ3v) is 2.85. The highest BCUT2D eigenvalue weighted by molar-refractivity contribution is 5.51. The van der Waals surface area contributed by atoms with Crippen LogP contribution in [0.15, 0.2) is 18.2 Å². The molecule has 82 valence electrons. The van der Waals surface area contributed by atoms with E-state index in [0.29, 0.717) is 12.3 Å². The minimum absolute atomic E-state index is 0.0106. The van der Waals surface area contributed by atoms with Gasteiger partial charge in [-0.2, -0.15) is 0 Å². The van der Waals surface area contributed by atoms with Crippen molar-refractivity contribution in [1.29, 1.82) is 0 Å². The molecule has 4 heteroatoms. The first-order valence-corrected chi connectivity index (χ1v) is 4.91. The molecule has 0 spiro atoms. The number of benzene rings is 1. The molecule has 15 heavy (non-hydrogen) atoms. The van der Waals surface area contributed by atoms with Crippen molar-refractivity contribution in [2.75, 3.05) is 19.9 Å². The molecule has 1 aliphatic rings. The standard InChI is InChI=1S/C11H15NO3/c1-11(5-12,6-13)8-3-2-4-9-10(8)15-7-14-9/h2-4,13H,5-7,12H2,1H3. The molecule has 0 bridgehead atoms. The van der Waals surface area contributed by atoms with Gasteiger partial charge in [0.25, 0.3) is 0 Å². The number of aliphatic hydroxyl groups is 1. The monoisotopic (exact) mass is 209 g/mol. The summed E-state index contributed by atoms with van der Waals surface area (Å²) in [5.41, 5.74) is 6.12. The zero-order valence-corrected chi connectivity index (χ0v) is 8.69. The summed E-state index contributed by atoms with van der Waals surface area (Å²) >= 11 is 0. The van der Waals surface area contributed by atoms with Gasteiger partial charge in [0.15, 0.2) is 11.5 Å². The number of hydrogen-bond acceptors (Lipinski definition) is 4. The zero-order chi connectivity index (χ0) is 10.9. The lowest BCUT2D eigenvalue weighted by atomic mass is 9.82. The van der Waals surface area contributed by atoms with Crippen molar-refractivity contribution in [1.82, 2.24) is 0 Å².